The summed E-state index contributed by atoms with van der Waals surface area (Å²) in [7, 11) is 0. The molecule has 0 amide bonds. The van der Waals surface area contributed by atoms with Crippen LogP contribution in [0.5, 0.6) is 5.75 Å². The highest BCUT2D eigenvalue weighted by Crippen LogP contribution is 2.07. The maximum absolute atomic E-state index is 11.4. The van der Waals surface area contributed by atoms with Crippen molar-refractivity contribution in [1.82, 2.24) is 15.1 Å². The fraction of sp³-hybridized carbons (Fsp3) is 0.375. The molecule has 0 saturated heterocycles. The Kier molecular flexibility index (Phi) is 6.48. The smallest absolute Gasteiger partial charge is 0.266 e. The van der Waals surface area contributed by atoms with Gasteiger partial charge < -0.3 is 10.1 Å². The molecule has 21 heavy (non-hydrogen) atoms. The predicted octanol–water partition coefficient (Wildman–Crippen LogP) is 1.69. The van der Waals surface area contributed by atoms with Crippen LogP contribution in [0, 0.1) is 0 Å². The Morgan fingerprint density at radius 3 is 2.67 bits per heavy atom. The van der Waals surface area contributed by atoms with Gasteiger partial charge in [-0.2, -0.15) is 5.10 Å². The molecule has 1 heterocycles. The van der Waals surface area contributed by atoms with Gasteiger partial charge in [0.15, 0.2) is 0 Å². The number of aromatic nitrogens is 2. The van der Waals surface area contributed by atoms with E-state index < -0.39 is 0 Å². The van der Waals surface area contributed by atoms with Gasteiger partial charge in [0.1, 0.15) is 5.75 Å². The Labute approximate surface area is 124 Å². The first-order valence-corrected chi connectivity index (χ1v) is 7.27. The summed E-state index contributed by atoms with van der Waals surface area (Å²) in [6.07, 6.45) is 3.48. The van der Waals surface area contributed by atoms with Crippen molar-refractivity contribution in [1.29, 1.82) is 0 Å². The fourth-order valence-electron chi connectivity index (χ4n) is 1.94. The van der Waals surface area contributed by atoms with E-state index in [-0.39, 0.29) is 5.56 Å². The van der Waals surface area contributed by atoms with Gasteiger partial charge in [0.2, 0.25) is 0 Å². The highest BCUT2D eigenvalue weighted by Gasteiger charge is 1.95. The van der Waals surface area contributed by atoms with Crippen molar-refractivity contribution in [3.63, 3.8) is 0 Å². The zero-order valence-corrected chi connectivity index (χ0v) is 12.1. The van der Waals surface area contributed by atoms with E-state index >= 15 is 0 Å². The van der Waals surface area contributed by atoms with E-state index in [0.29, 0.717) is 13.2 Å². The molecule has 0 atom stereocenters. The van der Waals surface area contributed by atoms with Gasteiger partial charge in [-0.1, -0.05) is 18.2 Å². The van der Waals surface area contributed by atoms with E-state index in [1.54, 1.807) is 12.3 Å². The number of rotatable bonds is 9. The zero-order valence-electron chi connectivity index (χ0n) is 12.1. The van der Waals surface area contributed by atoms with E-state index in [1.807, 2.05) is 30.3 Å². The second-order valence-electron chi connectivity index (χ2n) is 4.70. The summed E-state index contributed by atoms with van der Waals surface area (Å²) in [5.74, 6) is 0.909. The first-order valence-electron chi connectivity index (χ1n) is 7.27. The summed E-state index contributed by atoms with van der Waals surface area (Å²) in [6.45, 7) is 3.13. The SMILES string of the molecule is O=c1cccnn1CCCNCCCOc1ccccc1. The maximum atomic E-state index is 11.4. The van der Waals surface area contributed by atoms with Gasteiger partial charge in [0.05, 0.1) is 6.61 Å². The van der Waals surface area contributed by atoms with Crippen molar-refractivity contribution in [3.8, 4) is 5.75 Å². The van der Waals surface area contributed by atoms with Gasteiger partial charge in [-0.25, -0.2) is 4.68 Å². The average Bonchev–Trinajstić information content (AvgIpc) is 2.52. The molecule has 5 heteroatoms. The Bertz CT molecular complexity index is 569. The van der Waals surface area contributed by atoms with Gasteiger partial charge in [-0.15, -0.1) is 0 Å². The van der Waals surface area contributed by atoms with Crippen LogP contribution in [0.1, 0.15) is 12.8 Å². The number of benzene rings is 1. The molecular weight excluding hydrogens is 266 g/mol. The van der Waals surface area contributed by atoms with Crippen molar-refractivity contribution >= 4 is 0 Å². The molecule has 0 spiro atoms. The van der Waals surface area contributed by atoms with Crippen LogP contribution in [-0.4, -0.2) is 29.5 Å². The molecule has 112 valence electrons. The maximum Gasteiger partial charge on any atom is 0.266 e. The van der Waals surface area contributed by atoms with Gasteiger partial charge >= 0.3 is 0 Å². The molecule has 1 N–H and O–H groups in total. The second kappa shape index (κ2) is 8.92. The molecule has 5 nitrogen and oxygen atoms in total. The van der Waals surface area contributed by atoms with Crippen molar-refractivity contribution in [2.75, 3.05) is 19.7 Å². The number of ether oxygens (including phenoxy) is 1. The third-order valence-corrected chi connectivity index (χ3v) is 3.02. The topological polar surface area (TPSA) is 56.2 Å². The lowest BCUT2D eigenvalue weighted by Gasteiger charge is -2.07. The van der Waals surface area contributed by atoms with Gasteiger partial charge in [-0.05, 0) is 44.1 Å². The standard InChI is InChI=1S/C16H21N3O2/c20-16-9-4-12-18-19(16)13-5-10-17-11-6-14-21-15-7-2-1-3-8-15/h1-4,7-9,12,17H,5-6,10-11,13-14H2. The van der Waals surface area contributed by atoms with Crippen LogP contribution < -0.4 is 15.6 Å². The number of hydrogen-bond donors (Lipinski definition) is 1. The lowest BCUT2D eigenvalue weighted by molar-refractivity contribution is 0.308. The molecular formula is C16H21N3O2. The summed E-state index contributed by atoms with van der Waals surface area (Å²) in [6, 6.07) is 13.0. The van der Waals surface area contributed by atoms with E-state index in [2.05, 4.69) is 10.4 Å². The van der Waals surface area contributed by atoms with Crippen molar-refractivity contribution < 1.29 is 4.74 Å². The third kappa shape index (κ3) is 5.79. The van der Waals surface area contributed by atoms with Gasteiger partial charge in [-0.3, -0.25) is 4.79 Å². The summed E-state index contributed by atoms with van der Waals surface area (Å²) >= 11 is 0. The van der Waals surface area contributed by atoms with Crippen molar-refractivity contribution in [3.05, 3.63) is 59.0 Å². The number of aryl methyl sites for hydroxylation is 1. The van der Waals surface area contributed by atoms with Crippen LogP contribution in [0.3, 0.4) is 0 Å². The van der Waals surface area contributed by atoms with Crippen molar-refractivity contribution in [2.24, 2.45) is 0 Å². The Balaban J connectivity index is 1.49. The fourth-order valence-corrected chi connectivity index (χ4v) is 1.94. The highest BCUT2D eigenvalue weighted by molar-refractivity contribution is 5.20. The van der Waals surface area contributed by atoms with Gasteiger partial charge in [0.25, 0.3) is 5.56 Å². The Hall–Kier alpha value is -2.14. The highest BCUT2D eigenvalue weighted by atomic mass is 16.5. The molecule has 1 aromatic carbocycles. The lowest BCUT2D eigenvalue weighted by Crippen LogP contribution is -2.25. The second-order valence-corrected chi connectivity index (χ2v) is 4.70. The quantitative estimate of drug-likeness (QED) is 0.713. The van der Waals surface area contributed by atoms with E-state index in [4.69, 9.17) is 4.74 Å². The molecule has 0 radical (unpaired) electrons. The molecule has 0 aliphatic heterocycles. The number of nitrogens with one attached hydrogen (secondary N) is 1. The van der Waals surface area contributed by atoms with Crippen LogP contribution in [0.15, 0.2) is 53.5 Å². The summed E-state index contributed by atoms with van der Waals surface area (Å²) in [5.41, 5.74) is -0.0474. The molecule has 0 aliphatic rings. The number of hydrogen-bond acceptors (Lipinski definition) is 4. The van der Waals surface area contributed by atoms with E-state index in [9.17, 15) is 4.79 Å². The molecule has 2 aromatic rings. The van der Waals surface area contributed by atoms with Crippen molar-refractivity contribution in [2.45, 2.75) is 19.4 Å². The van der Waals surface area contributed by atoms with Crippen LogP contribution in [-0.2, 0) is 6.54 Å². The minimum absolute atomic E-state index is 0.0474. The molecule has 0 bridgehead atoms. The first kappa shape index (κ1) is 15.3. The summed E-state index contributed by atoms with van der Waals surface area (Å²) in [4.78, 5) is 11.4. The van der Waals surface area contributed by atoms with Gasteiger partial charge in [0, 0.05) is 18.8 Å². The number of para-hydroxylation sites is 1. The largest absolute Gasteiger partial charge is 0.494 e. The monoisotopic (exact) mass is 287 g/mol. The third-order valence-electron chi connectivity index (χ3n) is 3.02. The Morgan fingerprint density at radius 1 is 1.05 bits per heavy atom. The van der Waals surface area contributed by atoms with Crippen LogP contribution in [0.25, 0.3) is 0 Å². The van der Waals surface area contributed by atoms with E-state index in [1.165, 1.54) is 10.7 Å². The molecule has 1 aromatic heterocycles. The zero-order chi connectivity index (χ0) is 14.8. The summed E-state index contributed by atoms with van der Waals surface area (Å²) < 4.78 is 7.09. The first-order chi connectivity index (χ1) is 10.4. The Morgan fingerprint density at radius 2 is 1.86 bits per heavy atom. The molecule has 0 aliphatic carbocycles. The average molecular weight is 287 g/mol. The normalized spacial score (nSPS) is 10.5. The van der Waals surface area contributed by atoms with E-state index in [0.717, 1.165) is 31.7 Å². The lowest BCUT2D eigenvalue weighted by atomic mass is 10.3. The molecule has 0 fully saturated rings. The minimum Gasteiger partial charge on any atom is -0.494 e. The molecule has 0 saturated carbocycles. The summed E-state index contributed by atoms with van der Waals surface area (Å²) in [5, 5.41) is 7.35. The van der Waals surface area contributed by atoms with Crippen LogP contribution in [0.4, 0.5) is 0 Å². The number of nitrogens with zero attached hydrogens (tertiary/aromatic N) is 2. The van der Waals surface area contributed by atoms with Crippen LogP contribution in [0.2, 0.25) is 0 Å². The molecule has 2 rings (SSSR count). The predicted molar refractivity (Wildman–Crippen MR) is 82.5 cm³/mol. The molecule has 0 unspecified atom stereocenters. The van der Waals surface area contributed by atoms with Crippen LogP contribution >= 0.6 is 0 Å². The minimum atomic E-state index is -0.0474.